The summed E-state index contributed by atoms with van der Waals surface area (Å²) in [5.41, 5.74) is 2.14. The van der Waals surface area contributed by atoms with Crippen LogP contribution in [0.25, 0.3) is 0 Å². The number of carbonyl (C=O) groups is 1. The van der Waals surface area contributed by atoms with E-state index >= 15 is 0 Å². The van der Waals surface area contributed by atoms with Crippen molar-refractivity contribution in [3.05, 3.63) is 65.5 Å². The van der Waals surface area contributed by atoms with Gasteiger partial charge >= 0.3 is 0 Å². The quantitative estimate of drug-likeness (QED) is 0.747. The Bertz CT molecular complexity index is 882. The van der Waals surface area contributed by atoms with Crippen LogP contribution in [0.15, 0.2) is 48.5 Å². The van der Waals surface area contributed by atoms with Gasteiger partial charge in [0, 0.05) is 13.0 Å². The molecule has 0 saturated carbocycles. The van der Waals surface area contributed by atoms with Gasteiger partial charge in [0.15, 0.2) is 0 Å². The Morgan fingerprint density at radius 1 is 1.15 bits per heavy atom. The molecule has 2 aromatic rings. The molecule has 7 heteroatoms. The van der Waals surface area contributed by atoms with Gasteiger partial charge in [0.25, 0.3) is 0 Å². The van der Waals surface area contributed by atoms with Gasteiger partial charge in [0.2, 0.25) is 15.9 Å². The standard InChI is InChI=1S/C20H25FN2O3S/c1-15-10-12-17(13-11-15)16(2)22-20(24)9-6-14-23(27(3,25)26)19-8-5-4-7-18(19)21/h4-5,7-8,10-13,16H,6,9,14H2,1-3H3,(H,22,24). The Labute approximate surface area is 160 Å². The molecule has 0 spiro atoms. The zero-order chi connectivity index (χ0) is 20.0. The summed E-state index contributed by atoms with van der Waals surface area (Å²) in [7, 11) is -3.65. The number of amides is 1. The van der Waals surface area contributed by atoms with Crippen LogP contribution in [0.4, 0.5) is 10.1 Å². The molecule has 2 rings (SSSR count). The summed E-state index contributed by atoms with van der Waals surface area (Å²) < 4.78 is 39.0. The second-order valence-corrected chi connectivity index (χ2v) is 8.50. The molecular weight excluding hydrogens is 367 g/mol. The molecule has 0 fully saturated rings. The number of sulfonamides is 1. The van der Waals surface area contributed by atoms with Gasteiger partial charge in [-0.3, -0.25) is 9.10 Å². The molecule has 1 atom stereocenters. The van der Waals surface area contributed by atoms with Crippen LogP contribution >= 0.6 is 0 Å². The summed E-state index contributed by atoms with van der Waals surface area (Å²) in [6, 6.07) is 13.4. The third-order valence-electron chi connectivity index (χ3n) is 4.24. The van der Waals surface area contributed by atoms with E-state index in [-0.39, 0.29) is 37.0 Å². The van der Waals surface area contributed by atoms with Gasteiger partial charge in [-0.15, -0.1) is 0 Å². The number of aryl methyl sites for hydroxylation is 1. The van der Waals surface area contributed by atoms with E-state index in [2.05, 4.69) is 5.32 Å². The van der Waals surface area contributed by atoms with Crippen LogP contribution in [0.1, 0.15) is 36.9 Å². The van der Waals surface area contributed by atoms with Gasteiger partial charge in [-0.2, -0.15) is 0 Å². The molecule has 27 heavy (non-hydrogen) atoms. The highest BCUT2D eigenvalue weighted by Crippen LogP contribution is 2.22. The fourth-order valence-electron chi connectivity index (χ4n) is 2.75. The first-order valence-corrected chi connectivity index (χ1v) is 10.6. The summed E-state index contributed by atoms with van der Waals surface area (Å²) in [6.07, 6.45) is 1.46. The molecule has 2 aromatic carbocycles. The van der Waals surface area contributed by atoms with Gasteiger partial charge in [0.1, 0.15) is 5.82 Å². The number of nitrogens with zero attached hydrogens (tertiary/aromatic N) is 1. The number of hydrogen-bond acceptors (Lipinski definition) is 3. The zero-order valence-corrected chi connectivity index (χ0v) is 16.6. The molecule has 0 aliphatic carbocycles. The van der Waals surface area contributed by atoms with Gasteiger partial charge < -0.3 is 5.32 Å². The highest BCUT2D eigenvalue weighted by molar-refractivity contribution is 7.92. The third kappa shape index (κ3) is 6.06. The number of halogens is 1. The monoisotopic (exact) mass is 392 g/mol. The predicted molar refractivity (Wildman–Crippen MR) is 106 cm³/mol. The van der Waals surface area contributed by atoms with E-state index in [0.29, 0.717) is 0 Å². The van der Waals surface area contributed by atoms with Crippen LogP contribution in [0, 0.1) is 12.7 Å². The van der Waals surface area contributed by atoms with Crippen molar-refractivity contribution in [3.8, 4) is 0 Å². The zero-order valence-electron chi connectivity index (χ0n) is 15.8. The molecule has 0 heterocycles. The molecule has 1 N–H and O–H groups in total. The van der Waals surface area contributed by atoms with Crippen molar-refractivity contribution in [1.82, 2.24) is 5.32 Å². The number of hydrogen-bond donors (Lipinski definition) is 1. The number of nitrogens with one attached hydrogen (secondary N) is 1. The molecule has 1 amide bonds. The van der Waals surface area contributed by atoms with Crippen LogP contribution in [-0.2, 0) is 14.8 Å². The largest absolute Gasteiger partial charge is 0.350 e. The molecule has 146 valence electrons. The van der Waals surface area contributed by atoms with E-state index in [1.165, 1.54) is 18.2 Å². The minimum Gasteiger partial charge on any atom is -0.350 e. The Morgan fingerprint density at radius 3 is 2.37 bits per heavy atom. The Balaban J connectivity index is 1.93. The molecule has 0 aromatic heterocycles. The van der Waals surface area contributed by atoms with Crippen molar-refractivity contribution in [1.29, 1.82) is 0 Å². The summed E-state index contributed by atoms with van der Waals surface area (Å²) in [5.74, 6) is -0.787. The highest BCUT2D eigenvalue weighted by Gasteiger charge is 2.20. The van der Waals surface area contributed by atoms with Gasteiger partial charge in [-0.05, 0) is 38.0 Å². The summed E-state index contributed by atoms with van der Waals surface area (Å²) in [4.78, 5) is 12.2. The summed E-state index contributed by atoms with van der Waals surface area (Å²) in [6.45, 7) is 3.92. The maximum atomic E-state index is 14.0. The first-order chi connectivity index (χ1) is 12.7. The molecular formula is C20H25FN2O3S. The first kappa shape index (κ1) is 20.9. The maximum absolute atomic E-state index is 14.0. The summed E-state index contributed by atoms with van der Waals surface area (Å²) in [5, 5.41) is 2.90. The Kier molecular flexibility index (Phi) is 6.96. The minimum absolute atomic E-state index is 0.00608. The predicted octanol–water partition coefficient (Wildman–Crippen LogP) is 3.56. The normalized spacial score (nSPS) is 12.4. The average Bonchev–Trinajstić information content (AvgIpc) is 2.59. The molecule has 0 bridgehead atoms. The van der Waals surface area contributed by atoms with E-state index < -0.39 is 15.8 Å². The smallest absolute Gasteiger partial charge is 0.232 e. The Hall–Kier alpha value is -2.41. The van der Waals surface area contributed by atoms with Crippen LogP contribution in [0.3, 0.4) is 0 Å². The lowest BCUT2D eigenvalue weighted by atomic mass is 10.1. The van der Waals surface area contributed by atoms with E-state index in [0.717, 1.165) is 21.7 Å². The third-order valence-corrected chi connectivity index (χ3v) is 5.42. The fourth-order valence-corrected chi connectivity index (χ4v) is 3.72. The van der Waals surface area contributed by atoms with E-state index in [4.69, 9.17) is 0 Å². The lowest BCUT2D eigenvalue weighted by molar-refractivity contribution is -0.121. The fraction of sp³-hybridized carbons (Fsp3) is 0.350. The second kappa shape index (κ2) is 8.99. The number of rotatable bonds is 8. The molecule has 0 radical (unpaired) electrons. The van der Waals surface area contributed by atoms with E-state index in [1.807, 2.05) is 38.1 Å². The van der Waals surface area contributed by atoms with Gasteiger partial charge in [-0.25, -0.2) is 12.8 Å². The summed E-state index contributed by atoms with van der Waals surface area (Å²) >= 11 is 0. The molecule has 0 saturated heterocycles. The van der Waals surface area contributed by atoms with Crippen molar-refractivity contribution in [2.24, 2.45) is 0 Å². The highest BCUT2D eigenvalue weighted by atomic mass is 32.2. The van der Waals surface area contributed by atoms with Crippen molar-refractivity contribution in [2.45, 2.75) is 32.7 Å². The van der Waals surface area contributed by atoms with Crippen molar-refractivity contribution in [2.75, 3.05) is 17.1 Å². The number of carbonyl (C=O) groups excluding carboxylic acids is 1. The van der Waals surface area contributed by atoms with E-state index in [9.17, 15) is 17.6 Å². The van der Waals surface area contributed by atoms with Crippen molar-refractivity contribution >= 4 is 21.6 Å². The topological polar surface area (TPSA) is 66.5 Å². The lowest BCUT2D eigenvalue weighted by Gasteiger charge is -2.23. The van der Waals surface area contributed by atoms with Gasteiger partial charge in [-0.1, -0.05) is 42.0 Å². The minimum atomic E-state index is -3.65. The van der Waals surface area contributed by atoms with Crippen LogP contribution in [0.2, 0.25) is 0 Å². The van der Waals surface area contributed by atoms with Gasteiger partial charge in [0.05, 0.1) is 18.0 Å². The SMILES string of the molecule is Cc1ccc(C(C)NC(=O)CCCN(c2ccccc2F)S(C)(=O)=O)cc1. The van der Waals surface area contributed by atoms with Crippen LogP contribution in [0.5, 0.6) is 0 Å². The second-order valence-electron chi connectivity index (χ2n) is 6.59. The lowest BCUT2D eigenvalue weighted by Crippen LogP contribution is -2.33. The van der Waals surface area contributed by atoms with Crippen molar-refractivity contribution < 1.29 is 17.6 Å². The Morgan fingerprint density at radius 2 is 1.78 bits per heavy atom. The molecule has 5 nitrogen and oxygen atoms in total. The molecule has 1 unspecified atom stereocenters. The molecule has 0 aliphatic heterocycles. The molecule has 0 aliphatic rings. The van der Waals surface area contributed by atoms with E-state index in [1.54, 1.807) is 6.07 Å². The number of benzene rings is 2. The van der Waals surface area contributed by atoms with Crippen molar-refractivity contribution in [3.63, 3.8) is 0 Å². The number of anilines is 1. The van der Waals surface area contributed by atoms with Crippen LogP contribution in [-0.4, -0.2) is 27.1 Å². The average molecular weight is 392 g/mol. The maximum Gasteiger partial charge on any atom is 0.232 e. The number of para-hydroxylation sites is 1. The first-order valence-electron chi connectivity index (χ1n) is 8.76. The van der Waals surface area contributed by atoms with Crippen LogP contribution < -0.4 is 9.62 Å².